The van der Waals surface area contributed by atoms with Gasteiger partial charge in [0.2, 0.25) is 0 Å². The number of halogens is 3. The summed E-state index contributed by atoms with van der Waals surface area (Å²) in [5, 5.41) is 30.7. The van der Waals surface area contributed by atoms with Gasteiger partial charge in [0.1, 0.15) is 5.69 Å². The third-order valence-corrected chi connectivity index (χ3v) is 5.18. The molecule has 1 aromatic carbocycles. The van der Waals surface area contributed by atoms with E-state index in [1.807, 2.05) is 0 Å². The van der Waals surface area contributed by atoms with Crippen LogP contribution in [-0.2, 0) is 5.60 Å². The number of carbonyl (C=O) groups is 1. The number of hydrogen-bond acceptors (Lipinski definition) is 7. The van der Waals surface area contributed by atoms with E-state index in [2.05, 4.69) is 15.3 Å². The van der Waals surface area contributed by atoms with Gasteiger partial charge in [-0.05, 0) is 38.0 Å². The number of rotatable bonds is 5. The fourth-order valence-electron chi connectivity index (χ4n) is 3.04. The quantitative estimate of drug-likeness (QED) is 0.366. The Hall–Kier alpha value is -3.16. The van der Waals surface area contributed by atoms with Gasteiger partial charge in [-0.3, -0.25) is 9.20 Å². The Labute approximate surface area is 180 Å². The number of alkyl halides is 3. The lowest BCUT2D eigenvalue weighted by molar-refractivity contribution is -0.258. The van der Waals surface area contributed by atoms with E-state index in [-0.39, 0.29) is 22.7 Å². The molecule has 0 aliphatic heterocycles. The molecule has 1 unspecified atom stereocenters. The number of aromatic nitrogens is 3. The zero-order chi connectivity index (χ0) is 24.0. The van der Waals surface area contributed by atoms with Crippen LogP contribution in [0.15, 0.2) is 30.6 Å². The summed E-state index contributed by atoms with van der Waals surface area (Å²) in [6.45, 7) is 3.70. The minimum atomic E-state index is -4.90. The monoisotopic (exact) mass is 451 g/mol. The molecule has 0 fully saturated rings. The van der Waals surface area contributed by atoms with Crippen molar-refractivity contribution in [3.05, 3.63) is 47.4 Å². The maximum Gasteiger partial charge on any atom is 0.475 e. The number of nitrogens with zero attached hydrogens (tertiary/aromatic N) is 3. The van der Waals surface area contributed by atoms with Crippen LogP contribution in [0.25, 0.3) is 16.9 Å². The van der Waals surface area contributed by atoms with Crippen LogP contribution in [0, 0.1) is 6.92 Å². The van der Waals surface area contributed by atoms with Crippen LogP contribution in [0.2, 0.25) is 0 Å². The van der Waals surface area contributed by atoms with E-state index in [0.29, 0.717) is 23.7 Å². The molecule has 0 bridgehead atoms. The molecule has 0 saturated heterocycles. The molecular weight excluding hydrogens is 430 g/mol. The number of fused-ring (bicyclic) bond motifs is 1. The fourth-order valence-corrected chi connectivity index (χ4v) is 3.04. The average Bonchev–Trinajstić information content (AvgIpc) is 3.11. The minimum Gasteiger partial charge on any atom is -0.426 e. The summed E-state index contributed by atoms with van der Waals surface area (Å²) in [7, 11) is -1.80. The summed E-state index contributed by atoms with van der Waals surface area (Å²) in [6, 6.07) is 3.82. The average molecular weight is 451 g/mol. The van der Waals surface area contributed by atoms with Gasteiger partial charge in [0.05, 0.1) is 17.8 Å². The third-order valence-electron chi connectivity index (χ3n) is 5.18. The van der Waals surface area contributed by atoms with Crippen molar-refractivity contribution >= 4 is 24.5 Å². The first-order chi connectivity index (χ1) is 14.7. The fraction of sp³-hybridized carbons (Fsp3) is 0.316. The Morgan fingerprint density at radius 1 is 1.31 bits per heavy atom. The van der Waals surface area contributed by atoms with Crippen molar-refractivity contribution in [1.29, 1.82) is 0 Å². The second kappa shape index (κ2) is 8.08. The normalized spacial score (nSPS) is 14.8. The molecule has 0 radical (unpaired) electrons. The van der Waals surface area contributed by atoms with Gasteiger partial charge in [0.25, 0.3) is 5.91 Å². The van der Waals surface area contributed by atoms with E-state index in [1.54, 1.807) is 6.92 Å². The van der Waals surface area contributed by atoms with Gasteiger partial charge in [-0.2, -0.15) is 13.2 Å². The largest absolute Gasteiger partial charge is 0.475 e. The molecule has 3 aromatic rings. The Bertz CT molecular complexity index is 1180. The first-order valence-electron chi connectivity index (χ1n) is 9.45. The smallest absolute Gasteiger partial charge is 0.426 e. The molecule has 32 heavy (non-hydrogen) atoms. The first-order valence-corrected chi connectivity index (χ1v) is 9.45. The Kier molecular flexibility index (Phi) is 5.93. The molecular formula is C19H21BF3N5O4. The summed E-state index contributed by atoms with van der Waals surface area (Å²) in [6.07, 6.45) is -2.25. The number of anilines is 1. The van der Waals surface area contributed by atoms with E-state index >= 15 is 0 Å². The zero-order valence-corrected chi connectivity index (χ0v) is 17.3. The van der Waals surface area contributed by atoms with Crippen LogP contribution in [0.5, 0.6) is 0 Å². The lowest BCUT2D eigenvalue weighted by Gasteiger charge is -2.27. The predicted molar refractivity (Wildman–Crippen MR) is 110 cm³/mol. The van der Waals surface area contributed by atoms with Crippen LogP contribution in [-0.4, -0.2) is 54.7 Å². The van der Waals surface area contributed by atoms with Crippen molar-refractivity contribution in [3.8, 4) is 11.3 Å². The molecule has 2 aromatic heterocycles. The Balaban J connectivity index is 2.14. The highest BCUT2D eigenvalue weighted by atomic mass is 19.4. The Morgan fingerprint density at radius 2 is 1.97 bits per heavy atom. The second-order valence-electron chi connectivity index (χ2n) is 7.62. The van der Waals surface area contributed by atoms with Crippen molar-refractivity contribution in [2.75, 3.05) is 5.73 Å². The van der Waals surface area contributed by atoms with E-state index in [4.69, 9.17) is 15.8 Å². The molecule has 13 heteroatoms. The lowest BCUT2D eigenvalue weighted by Crippen LogP contribution is -2.44. The molecule has 6 N–H and O–H groups in total. The zero-order valence-electron chi connectivity index (χ0n) is 17.3. The van der Waals surface area contributed by atoms with Crippen molar-refractivity contribution < 1.29 is 33.1 Å². The maximum absolute atomic E-state index is 13.3. The predicted octanol–water partition coefficient (Wildman–Crippen LogP) is 1.19. The summed E-state index contributed by atoms with van der Waals surface area (Å²) in [5.41, 5.74) is 3.69. The number of nitrogen functional groups attached to an aromatic ring is 1. The van der Waals surface area contributed by atoms with Crippen LogP contribution < -0.4 is 11.1 Å². The highest BCUT2D eigenvalue weighted by Crippen LogP contribution is 2.40. The number of imidazole rings is 1. The van der Waals surface area contributed by atoms with Gasteiger partial charge in [-0.1, -0.05) is 12.1 Å². The van der Waals surface area contributed by atoms with Crippen LogP contribution in [0.4, 0.5) is 19.0 Å². The molecule has 2 atom stereocenters. The number of hydrogen-bond donors (Lipinski definition) is 5. The van der Waals surface area contributed by atoms with Gasteiger partial charge in [-0.15, -0.1) is 0 Å². The lowest BCUT2D eigenvalue weighted by atomic mass is 9.81. The van der Waals surface area contributed by atoms with Gasteiger partial charge in [-0.25, -0.2) is 9.97 Å². The molecule has 1 amide bonds. The van der Waals surface area contributed by atoms with E-state index < -0.39 is 30.7 Å². The van der Waals surface area contributed by atoms with Crippen molar-refractivity contribution in [2.45, 2.75) is 38.5 Å². The summed E-state index contributed by atoms with van der Waals surface area (Å²) in [5.74, 6) is -1.85. The first kappa shape index (κ1) is 23.5. The van der Waals surface area contributed by atoms with E-state index in [1.165, 1.54) is 41.9 Å². The molecule has 0 aliphatic rings. The standard InChI is InChI=1S/C19H21BF3N5O4/c1-9-4-5-11(18(3,30)19(21,22)23)6-12(9)14-7-25-16-15(24)27-13(8-28(14)16)17(29)26-10(2)20(31)32/h4-8,10,30-32H,1-3H3,(H2,24,27)(H,26,29)/t10-,18?/m1/s1. The number of benzene rings is 1. The van der Waals surface area contributed by atoms with E-state index in [0.717, 1.165) is 0 Å². The van der Waals surface area contributed by atoms with Crippen LogP contribution >= 0.6 is 0 Å². The van der Waals surface area contributed by atoms with Crippen molar-refractivity contribution in [2.24, 2.45) is 0 Å². The number of nitrogens with one attached hydrogen (secondary N) is 1. The highest BCUT2D eigenvalue weighted by Gasteiger charge is 2.51. The molecule has 9 nitrogen and oxygen atoms in total. The third kappa shape index (κ3) is 4.14. The molecule has 0 spiro atoms. The van der Waals surface area contributed by atoms with Gasteiger partial charge in [0.15, 0.2) is 17.1 Å². The summed E-state index contributed by atoms with van der Waals surface area (Å²) >= 11 is 0. The molecule has 0 aliphatic carbocycles. The number of amides is 1. The van der Waals surface area contributed by atoms with Crippen LogP contribution in [0.1, 0.15) is 35.5 Å². The van der Waals surface area contributed by atoms with Crippen LogP contribution in [0.3, 0.4) is 0 Å². The van der Waals surface area contributed by atoms with Gasteiger partial charge < -0.3 is 26.2 Å². The minimum absolute atomic E-state index is 0.114. The SMILES string of the molecule is Cc1ccc(C(C)(O)C(F)(F)F)cc1-c1cnc2c(N)nc(C(=O)N[C@H](C)B(O)O)cn12. The number of carbonyl (C=O) groups excluding carboxylic acids is 1. The second-order valence-corrected chi connectivity index (χ2v) is 7.62. The Morgan fingerprint density at radius 3 is 2.56 bits per heavy atom. The number of aliphatic hydroxyl groups is 1. The molecule has 3 rings (SSSR count). The topological polar surface area (TPSA) is 146 Å². The van der Waals surface area contributed by atoms with Gasteiger partial charge in [0, 0.05) is 11.8 Å². The summed E-state index contributed by atoms with van der Waals surface area (Å²) < 4.78 is 41.4. The highest BCUT2D eigenvalue weighted by molar-refractivity contribution is 6.43. The molecule has 2 heterocycles. The van der Waals surface area contributed by atoms with Crippen molar-refractivity contribution in [3.63, 3.8) is 0 Å². The van der Waals surface area contributed by atoms with Gasteiger partial charge >= 0.3 is 13.3 Å². The summed E-state index contributed by atoms with van der Waals surface area (Å²) in [4.78, 5) is 20.6. The molecule has 170 valence electrons. The van der Waals surface area contributed by atoms with E-state index in [9.17, 15) is 23.1 Å². The van der Waals surface area contributed by atoms with Crippen molar-refractivity contribution in [1.82, 2.24) is 19.7 Å². The maximum atomic E-state index is 13.3. The molecule has 0 saturated carbocycles. The number of aryl methyl sites for hydroxylation is 1. The number of nitrogens with two attached hydrogens (primary N) is 1.